The topological polar surface area (TPSA) is 62.9 Å². The van der Waals surface area contributed by atoms with E-state index >= 15 is 0 Å². The highest BCUT2D eigenvalue weighted by Crippen LogP contribution is 2.22. The number of nitrogens with two attached hydrogens (primary N) is 1. The Morgan fingerprint density at radius 1 is 1.08 bits per heavy atom. The van der Waals surface area contributed by atoms with Gasteiger partial charge < -0.3 is 15.8 Å². The average molecular weight is 466 g/mol. The van der Waals surface area contributed by atoms with Gasteiger partial charge in [-0.1, -0.05) is 36.4 Å². The van der Waals surface area contributed by atoms with Crippen molar-refractivity contribution in [3.05, 3.63) is 59.7 Å². The zero-order valence-corrected chi connectivity index (χ0v) is 17.5. The van der Waals surface area contributed by atoms with Crippen LogP contribution in [-0.2, 0) is 13.1 Å². The van der Waals surface area contributed by atoms with Crippen molar-refractivity contribution < 1.29 is 4.74 Å². The Bertz CT molecular complexity index is 712. The molecule has 6 heteroatoms. The summed E-state index contributed by atoms with van der Waals surface area (Å²) in [6.45, 7) is 4.04. The number of nitrogens with one attached hydrogen (secondary N) is 1. The number of halogens is 1. The third kappa shape index (κ3) is 5.88. The number of benzene rings is 2. The zero-order valence-electron chi connectivity index (χ0n) is 15.1. The second-order valence-electron chi connectivity index (χ2n) is 6.33. The molecular weight excluding hydrogens is 439 g/mol. The van der Waals surface area contributed by atoms with Gasteiger partial charge in [0.2, 0.25) is 0 Å². The number of anilines is 1. The molecule has 26 heavy (non-hydrogen) atoms. The van der Waals surface area contributed by atoms with E-state index in [4.69, 9.17) is 10.5 Å². The predicted molar refractivity (Wildman–Crippen MR) is 118 cm³/mol. The van der Waals surface area contributed by atoms with Crippen LogP contribution in [-0.4, -0.2) is 31.1 Å². The standard InChI is InChI=1S/C20H26N4O.HI/c1-25-19-7-3-2-6-18(19)23-20(21)22-14-16-8-10-17(11-9-16)15-24-12-4-5-13-24;/h2-3,6-11H,4-5,12-15H2,1H3,(H3,21,22,23);1H. The number of para-hydroxylation sites is 2. The number of ether oxygens (including phenoxy) is 1. The van der Waals surface area contributed by atoms with Gasteiger partial charge in [0.05, 0.1) is 19.3 Å². The number of rotatable bonds is 6. The number of hydrogen-bond acceptors (Lipinski definition) is 3. The van der Waals surface area contributed by atoms with Gasteiger partial charge >= 0.3 is 0 Å². The largest absolute Gasteiger partial charge is 0.495 e. The maximum atomic E-state index is 5.99. The third-order valence-electron chi connectivity index (χ3n) is 4.43. The SMILES string of the molecule is COc1ccccc1NC(N)=NCc1ccc(CN2CCCC2)cc1.I. The first kappa shape index (κ1) is 20.5. The number of aliphatic imine (C=N–C) groups is 1. The molecule has 1 saturated heterocycles. The van der Waals surface area contributed by atoms with Crippen LogP contribution in [0.2, 0.25) is 0 Å². The van der Waals surface area contributed by atoms with E-state index in [2.05, 4.69) is 39.5 Å². The van der Waals surface area contributed by atoms with E-state index in [1.807, 2.05) is 24.3 Å². The Morgan fingerprint density at radius 3 is 2.42 bits per heavy atom. The van der Waals surface area contributed by atoms with Crippen molar-refractivity contribution in [2.45, 2.75) is 25.9 Å². The lowest BCUT2D eigenvalue weighted by molar-refractivity contribution is 0.331. The van der Waals surface area contributed by atoms with Crippen molar-refractivity contribution in [3.8, 4) is 5.75 Å². The van der Waals surface area contributed by atoms with Crippen LogP contribution >= 0.6 is 24.0 Å². The minimum absolute atomic E-state index is 0. The molecule has 1 heterocycles. The smallest absolute Gasteiger partial charge is 0.193 e. The Labute approximate surface area is 172 Å². The van der Waals surface area contributed by atoms with Gasteiger partial charge in [0.15, 0.2) is 5.96 Å². The molecule has 1 aliphatic heterocycles. The van der Waals surface area contributed by atoms with Crippen LogP contribution in [0.4, 0.5) is 5.69 Å². The molecule has 0 bridgehead atoms. The molecule has 0 aromatic heterocycles. The van der Waals surface area contributed by atoms with E-state index in [9.17, 15) is 0 Å². The number of methoxy groups -OCH3 is 1. The first-order valence-electron chi connectivity index (χ1n) is 8.75. The maximum absolute atomic E-state index is 5.99. The lowest BCUT2D eigenvalue weighted by atomic mass is 10.1. The van der Waals surface area contributed by atoms with Gasteiger partial charge in [-0.3, -0.25) is 4.90 Å². The minimum Gasteiger partial charge on any atom is -0.495 e. The van der Waals surface area contributed by atoms with E-state index < -0.39 is 0 Å². The molecule has 0 unspecified atom stereocenters. The van der Waals surface area contributed by atoms with Gasteiger partial charge in [-0.15, -0.1) is 24.0 Å². The molecule has 2 aromatic rings. The van der Waals surface area contributed by atoms with Crippen LogP contribution in [0.3, 0.4) is 0 Å². The van der Waals surface area contributed by atoms with Crippen LogP contribution < -0.4 is 15.8 Å². The lowest BCUT2D eigenvalue weighted by Crippen LogP contribution is -2.22. The molecule has 0 atom stereocenters. The summed E-state index contributed by atoms with van der Waals surface area (Å²) in [5.74, 6) is 1.12. The van der Waals surface area contributed by atoms with Crippen molar-refractivity contribution >= 4 is 35.6 Å². The Hall–Kier alpha value is -1.80. The zero-order chi connectivity index (χ0) is 17.5. The van der Waals surface area contributed by atoms with Gasteiger partial charge in [-0.2, -0.15) is 0 Å². The molecule has 0 radical (unpaired) electrons. The number of nitrogens with zero attached hydrogens (tertiary/aromatic N) is 2. The van der Waals surface area contributed by atoms with Gasteiger partial charge in [0.1, 0.15) is 5.75 Å². The van der Waals surface area contributed by atoms with E-state index in [-0.39, 0.29) is 24.0 Å². The summed E-state index contributed by atoms with van der Waals surface area (Å²) in [4.78, 5) is 6.92. The molecule has 2 aromatic carbocycles. The van der Waals surface area contributed by atoms with Crippen molar-refractivity contribution in [1.29, 1.82) is 0 Å². The van der Waals surface area contributed by atoms with E-state index in [0.29, 0.717) is 12.5 Å². The summed E-state index contributed by atoms with van der Waals surface area (Å²) in [5, 5.41) is 3.09. The highest BCUT2D eigenvalue weighted by Gasteiger charge is 2.11. The van der Waals surface area contributed by atoms with Gasteiger partial charge in [0.25, 0.3) is 0 Å². The highest BCUT2D eigenvalue weighted by atomic mass is 127. The molecular formula is C20H27IN4O. The number of likely N-dealkylation sites (tertiary alicyclic amines) is 1. The van der Waals surface area contributed by atoms with Crippen molar-refractivity contribution in [1.82, 2.24) is 4.90 Å². The quantitative estimate of drug-likeness (QED) is 0.386. The van der Waals surface area contributed by atoms with Crippen LogP contribution in [0, 0.1) is 0 Å². The fourth-order valence-electron chi connectivity index (χ4n) is 3.05. The number of hydrogen-bond donors (Lipinski definition) is 2. The van der Waals surface area contributed by atoms with Crippen molar-refractivity contribution in [2.75, 3.05) is 25.5 Å². The van der Waals surface area contributed by atoms with Crippen LogP contribution in [0.1, 0.15) is 24.0 Å². The third-order valence-corrected chi connectivity index (χ3v) is 4.43. The summed E-state index contributed by atoms with van der Waals surface area (Å²) < 4.78 is 5.30. The van der Waals surface area contributed by atoms with Gasteiger partial charge in [-0.05, 0) is 49.2 Å². The van der Waals surface area contributed by atoms with Crippen LogP contribution in [0.5, 0.6) is 5.75 Å². The Kier molecular flexibility index (Phi) is 8.18. The Morgan fingerprint density at radius 2 is 1.73 bits per heavy atom. The highest BCUT2D eigenvalue weighted by molar-refractivity contribution is 14.0. The van der Waals surface area contributed by atoms with E-state index in [0.717, 1.165) is 23.5 Å². The lowest BCUT2D eigenvalue weighted by Gasteiger charge is -2.14. The second-order valence-corrected chi connectivity index (χ2v) is 6.33. The molecule has 5 nitrogen and oxygen atoms in total. The second kappa shape index (κ2) is 10.4. The first-order chi connectivity index (χ1) is 12.2. The van der Waals surface area contributed by atoms with E-state index in [1.54, 1.807) is 7.11 Å². The van der Waals surface area contributed by atoms with E-state index in [1.165, 1.54) is 31.5 Å². The summed E-state index contributed by atoms with van der Waals surface area (Å²) in [5.41, 5.74) is 9.31. The average Bonchev–Trinajstić information content (AvgIpc) is 3.15. The predicted octanol–water partition coefficient (Wildman–Crippen LogP) is 3.84. The molecule has 0 aliphatic carbocycles. The summed E-state index contributed by atoms with van der Waals surface area (Å²) >= 11 is 0. The fraction of sp³-hybridized carbons (Fsp3) is 0.350. The molecule has 3 rings (SSSR count). The summed E-state index contributed by atoms with van der Waals surface area (Å²) in [7, 11) is 1.64. The van der Waals surface area contributed by atoms with Crippen LogP contribution in [0.25, 0.3) is 0 Å². The minimum atomic E-state index is 0. The Balaban J connectivity index is 0.00000243. The summed E-state index contributed by atoms with van der Waals surface area (Å²) in [6.07, 6.45) is 2.65. The summed E-state index contributed by atoms with van der Waals surface area (Å²) in [6, 6.07) is 16.3. The molecule has 0 spiro atoms. The van der Waals surface area contributed by atoms with Gasteiger partial charge in [-0.25, -0.2) is 4.99 Å². The molecule has 3 N–H and O–H groups in total. The molecule has 0 amide bonds. The monoisotopic (exact) mass is 466 g/mol. The normalized spacial score (nSPS) is 14.7. The van der Waals surface area contributed by atoms with Crippen LogP contribution in [0.15, 0.2) is 53.5 Å². The molecule has 1 fully saturated rings. The van der Waals surface area contributed by atoms with Gasteiger partial charge in [0, 0.05) is 6.54 Å². The van der Waals surface area contributed by atoms with Crippen molar-refractivity contribution in [2.24, 2.45) is 10.7 Å². The number of guanidine groups is 1. The first-order valence-corrected chi connectivity index (χ1v) is 8.75. The molecule has 140 valence electrons. The molecule has 1 aliphatic rings. The molecule has 0 saturated carbocycles. The van der Waals surface area contributed by atoms with Crippen molar-refractivity contribution in [3.63, 3.8) is 0 Å². The fourth-order valence-corrected chi connectivity index (χ4v) is 3.05. The maximum Gasteiger partial charge on any atom is 0.193 e.